The van der Waals surface area contributed by atoms with Gasteiger partial charge < -0.3 is 19.8 Å². The van der Waals surface area contributed by atoms with Gasteiger partial charge in [-0.25, -0.2) is 9.97 Å². The number of carbonyl (C=O) groups excluding carboxylic acids is 1. The molecule has 2 aliphatic heterocycles. The maximum Gasteiger partial charge on any atom is 0.231 e. The van der Waals surface area contributed by atoms with Gasteiger partial charge in [0.2, 0.25) is 5.91 Å². The Kier molecular flexibility index (Phi) is 7.30. The van der Waals surface area contributed by atoms with E-state index in [-0.39, 0.29) is 17.7 Å². The Balaban J connectivity index is 1.30. The fraction of sp³-hybridized carbons (Fsp3) is 0.560. The molecule has 5 rings (SSSR count). The van der Waals surface area contributed by atoms with Gasteiger partial charge in [-0.15, -0.1) is 0 Å². The number of thioether (sulfide) groups is 1. The van der Waals surface area contributed by atoms with Crippen LogP contribution < -0.4 is 4.90 Å². The van der Waals surface area contributed by atoms with Crippen molar-refractivity contribution >= 4 is 35.1 Å². The molecule has 0 radical (unpaired) electrons. The topological polar surface area (TPSA) is 72.8 Å². The Morgan fingerprint density at radius 2 is 1.82 bits per heavy atom. The molecule has 0 unspecified atom stereocenters. The number of halogens is 1. The molecule has 182 valence electrons. The average molecular weight is 502 g/mol. The van der Waals surface area contributed by atoms with E-state index in [1.807, 2.05) is 40.9 Å². The number of carbonyl (C=O) groups is 1. The molecule has 1 aromatic carbocycles. The Labute approximate surface area is 210 Å². The van der Waals surface area contributed by atoms with Crippen LogP contribution in [-0.4, -0.2) is 88.1 Å². The molecular weight excluding hydrogens is 470 g/mol. The van der Waals surface area contributed by atoms with Gasteiger partial charge in [0.25, 0.3) is 0 Å². The standard InChI is InChI=1S/C25H32ClN5O2S/c1-17-14-21(32)23-22(17)24(28-16-27-23)30-6-8-31(9-7-30)25(33)20(15-29-10-12-34-13-11-29)18-2-4-19(26)5-3-18/h2-5,16-17,20-21,32H,6-15H2,1H3/t17-,20+,21-/m1/s1. The van der Waals surface area contributed by atoms with Crippen LogP contribution >= 0.6 is 23.4 Å². The van der Waals surface area contributed by atoms with Gasteiger partial charge in [-0.05, 0) is 30.0 Å². The molecule has 7 nitrogen and oxygen atoms in total. The summed E-state index contributed by atoms with van der Waals surface area (Å²) in [6.07, 6.45) is 1.74. The smallest absolute Gasteiger partial charge is 0.231 e. The van der Waals surface area contributed by atoms with Gasteiger partial charge in [-0.2, -0.15) is 11.8 Å². The molecule has 3 heterocycles. The van der Waals surface area contributed by atoms with Crippen LogP contribution in [0.3, 0.4) is 0 Å². The van der Waals surface area contributed by atoms with Gasteiger partial charge in [-0.1, -0.05) is 30.7 Å². The summed E-state index contributed by atoms with van der Waals surface area (Å²) in [5.74, 6) is 3.40. The molecule has 2 fully saturated rings. The minimum absolute atomic E-state index is 0.189. The third-order valence-electron chi connectivity index (χ3n) is 7.28. The zero-order valence-corrected chi connectivity index (χ0v) is 21.1. The van der Waals surface area contributed by atoms with Gasteiger partial charge in [0.05, 0.1) is 17.7 Å². The molecule has 0 bridgehead atoms. The van der Waals surface area contributed by atoms with Crippen molar-refractivity contribution in [1.29, 1.82) is 0 Å². The molecule has 34 heavy (non-hydrogen) atoms. The number of piperazine rings is 1. The predicted octanol–water partition coefficient (Wildman–Crippen LogP) is 3.15. The van der Waals surface area contributed by atoms with E-state index in [9.17, 15) is 9.90 Å². The Bertz CT molecular complexity index is 1010. The van der Waals surface area contributed by atoms with Gasteiger partial charge >= 0.3 is 0 Å². The molecule has 2 saturated heterocycles. The van der Waals surface area contributed by atoms with Crippen molar-refractivity contribution in [3.8, 4) is 0 Å². The Morgan fingerprint density at radius 3 is 2.53 bits per heavy atom. The normalized spacial score (nSPS) is 24.2. The van der Waals surface area contributed by atoms with Crippen molar-refractivity contribution in [1.82, 2.24) is 19.8 Å². The highest BCUT2D eigenvalue weighted by Gasteiger charge is 2.35. The zero-order chi connectivity index (χ0) is 23.7. The van der Waals surface area contributed by atoms with Crippen molar-refractivity contribution in [2.75, 3.05) is 62.2 Å². The van der Waals surface area contributed by atoms with E-state index in [1.54, 1.807) is 6.33 Å². The summed E-state index contributed by atoms with van der Waals surface area (Å²) in [7, 11) is 0. The molecule has 1 N–H and O–H groups in total. The number of aliphatic hydroxyl groups excluding tert-OH is 1. The van der Waals surface area contributed by atoms with Crippen LogP contribution in [0.2, 0.25) is 5.02 Å². The maximum atomic E-state index is 13.8. The van der Waals surface area contributed by atoms with Gasteiger partial charge in [0.15, 0.2) is 0 Å². The lowest BCUT2D eigenvalue weighted by atomic mass is 9.96. The first-order chi connectivity index (χ1) is 16.5. The highest BCUT2D eigenvalue weighted by Crippen LogP contribution is 2.42. The maximum absolute atomic E-state index is 13.8. The number of amides is 1. The largest absolute Gasteiger partial charge is 0.387 e. The van der Waals surface area contributed by atoms with Crippen molar-refractivity contribution in [3.63, 3.8) is 0 Å². The van der Waals surface area contributed by atoms with Crippen LogP contribution in [0.4, 0.5) is 5.82 Å². The SMILES string of the molecule is C[C@@H]1C[C@@H](O)c2ncnc(N3CCN(C(=O)[C@@H](CN4CCSCC4)c4ccc(Cl)cc4)CC3)c21. The second-order valence-electron chi connectivity index (χ2n) is 9.48. The number of hydrogen-bond acceptors (Lipinski definition) is 7. The summed E-state index contributed by atoms with van der Waals surface area (Å²) in [4.78, 5) is 29.4. The van der Waals surface area contributed by atoms with Crippen LogP contribution in [0.1, 0.15) is 48.1 Å². The van der Waals surface area contributed by atoms with Crippen molar-refractivity contribution in [3.05, 3.63) is 52.4 Å². The highest BCUT2D eigenvalue weighted by molar-refractivity contribution is 7.99. The summed E-state index contributed by atoms with van der Waals surface area (Å²) < 4.78 is 0. The monoisotopic (exact) mass is 501 g/mol. The average Bonchev–Trinajstić information content (AvgIpc) is 3.17. The van der Waals surface area contributed by atoms with E-state index in [4.69, 9.17) is 11.6 Å². The second-order valence-corrected chi connectivity index (χ2v) is 11.1. The number of hydrogen-bond donors (Lipinski definition) is 1. The molecule has 3 aliphatic rings. The van der Waals surface area contributed by atoms with Crippen LogP contribution in [0.5, 0.6) is 0 Å². The van der Waals surface area contributed by atoms with Crippen molar-refractivity contribution < 1.29 is 9.90 Å². The molecule has 0 saturated carbocycles. The first-order valence-corrected chi connectivity index (χ1v) is 13.7. The van der Waals surface area contributed by atoms with Crippen LogP contribution in [0.25, 0.3) is 0 Å². The van der Waals surface area contributed by atoms with E-state index >= 15 is 0 Å². The molecule has 3 atom stereocenters. The quantitative estimate of drug-likeness (QED) is 0.674. The number of anilines is 1. The summed E-state index contributed by atoms with van der Waals surface area (Å²) in [6, 6.07) is 7.76. The lowest BCUT2D eigenvalue weighted by Crippen LogP contribution is -2.52. The predicted molar refractivity (Wildman–Crippen MR) is 137 cm³/mol. The Morgan fingerprint density at radius 1 is 1.12 bits per heavy atom. The van der Waals surface area contributed by atoms with Crippen molar-refractivity contribution in [2.24, 2.45) is 0 Å². The lowest BCUT2D eigenvalue weighted by molar-refractivity contribution is -0.133. The number of nitrogens with zero attached hydrogens (tertiary/aromatic N) is 5. The fourth-order valence-electron chi connectivity index (χ4n) is 5.38. The summed E-state index contributed by atoms with van der Waals surface area (Å²) >= 11 is 8.11. The fourth-order valence-corrected chi connectivity index (χ4v) is 6.48. The second kappa shape index (κ2) is 10.4. The number of rotatable bonds is 5. The van der Waals surface area contributed by atoms with E-state index in [2.05, 4.69) is 26.7 Å². The number of aromatic nitrogens is 2. The minimum Gasteiger partial charge on any atom is -0.387 e. The number of benzene rings is 1. The minimum atomic E-state index is -0.511. The lowest BCUT2D eigenvalue weighted by Gasteiger charge is -2.39. The number of aliphatic hydroxyl groups is 1. The zero-order valence-electron chi connectivity index (χ0n) is 19.6. The molecule has 1 amide bonds. The molecule has 1 aliphatic carbocycles. The highest BCUT2D eigenvalue weighted by atomic mass is 35.5. The Hall–Kier alpha value is -1.87. The molecule has 2 aromatic rings. The third kappa shape index (κ3) is 4.91. The van der Waals surface area contributed by atoms with Gasteiger partial charge in [-0.3, -0.25) is 4.79 Å². The van der Waals surface area contributed by atoms with E-state index < -0.39 is 6.10 Å². The first kappa shape index (κ1) is 23.9. The van der Waals surface area contributed by atoms with E-state index in [0.717, 1.165) is 66.9 Å². The van der Waals surface area contributed by atoms with Crippen LogP contribution in [0, 0.1) is 0 Å². The molecule has 9 heteroatoms. The molecule has 0 spiro atoms. The summed E-state index contributed by atoms with van der Waals surface area (Å²) in [5, 5.41) is 11.0. The van der Waals surface area contributed by atoms with Crippen LogP contribution in [-0.2, 0) is 4.79 Å². The summed E-state index contributed by atoms with van der Waals surface area (Å²) in [6.45, 7) is 7.70. The van der Waals surface area contributed by atoms with Gasteiger partial charge in [0.1, 0.15) is 12.1 Å². The summed E-state index contributed by atoms with van der Waals surface area (Å²) in [5.41, 5.74) is 2.86. The van der Waals surface area contributed by atoms with Gasteiger partial charge in [0, 0.05) is 67.9 Å². The molecular formula is C25H32ClN5O2S. The third-order valence-corrected chi connectivity index (χ3v) is 8.48. The first-order valence-electron chi connectivity index (χ1n) is 12.1. The van der Waals surface area contributed by atoms with Crippen molar-refractivity contribution in [2.45, 2.75) is 31.3 Å². The molecule has 1 aromatic heterocycles. The number of fused-ring (bicyclic) bond motifs is 1. The van der Waals surface area contributed by atoms with E-state index in [1.165, 1.54) is 0 Å². The van der Waals surface area contributed by atoms with E-state index in [0.29, 0.717) is 24.5 Å². The van der Waals surface area contributed by atoms with Crippen LogP contribution in [0.15, 0.2) is 30.6 Å².